The summed E-state index contributed by atoms with van der Waals surface area (Å²) in [6, 6.07) is 120. The minimum atomic E-state index is -0.688. The van der Waals surface area contributed by atoms with Crippen LogP contribution in [0.2, 0.25) is 5.28 Å². The molecule has 0 amide bonds. The van der Waals surface area contributed by atoms with Gasteiger partial charge in [0.2, 0.25) is 5.28 Å². The third-order valence-electron chi connectivity index (χ3n) is 22.8. The van der Waals surface area contributed by atoms with Crippen LogP contribution >= 0.6 is 11.6 Å². The standard InChI is InChI=1S/C47H28N4O.C38H30BNO3.C15H10ClN3/c48-29-30-19-21-31(22-20-30)34-23-25-42-40(27-34)47(38-17-9-7-15-36(38)37-16-8-10-18-39(37)47)41-28-35(24-26-43(41)52-42)46-50-44(32-11-3-1-4-12-32)49-45(51-46)33-13-5-2-6-14-33;1-36(2)37(3,4)43-39(42-36)27-18-20-35-33(22-27)38(30-11-7-5-9-28(30)29-10-6-8-12-31(29)38)32-21-26(17-19-34(32)41-35)25-15-13-24(23-40)14-16-25;16-15-18-13(11-7-3-1-4-8-11)17-14(19-15)12-9-5-2-6-10-12/h1-28H;5-22H,1-4H3;1-10H. The van der Waals surface area contributed by atoms with Crippen molar-refractivity contribution < 1.29 is 18.8 Å². The molecule has 0 radical (unpaired) electrons. The predicted molar refractivity (Wildman–Crippen MR) is 449 cm³/mol. The van der Waals surface area contributed by atoms with E-state index in [0.717, 1.165) is 101 Å². The molecule has 114 heavy (non-hydrogen) atoms. The summed E-state index contributed by atoms with van der Waals surface area (Å²) in [4.78, 5) is 27.9. The molecule has 16 aromatic rings. The van der Waals surface area contributed by atoms with Gasteiger partial charge in [-0.25, -0.2) is 19.9 Å². The van der Waals surface area contributed by atoms with Gasteiger partial charge < -0.3 is 18.8 Å². The molecule has 0 N–H and O–H groups in total. The van der Waals surface area contributed by atoms with Crippen molar-refractivity contribution >= 4 is 24.2 Å². The molecule has 5 aliphatic rings. The van der Waals surface area contributed by atoms with Crippen LogP contribution in [0.5, 0.6) is 23.0 Å². The van der Waals surface area contributed by atoms with E-state index in [1.165, 1.54) is 44.5 Å². The zero-order valence-corrected chi connectivity index (χ0v) is 63.3. The molecule has 21 rings (SSSR count). The second-order valence-corrected chi connectivity index (χ2v) is 30.1. The zero-order chi connectivity index (χ0) is 77.3. The number of aromatic nitrogens is 6. The van der Waals surface area contributed by atoms with Crippen LogP contribution < -0.4 is 14.9 Å². The van der Waals surface area contributed by atoms with Gasteiger partial charge in [0.15, 0.2) is 29.1 Å². The van der Waals surface area contributed by atoms with Gasteiger partial charge in [-0.2, -0.15) is 20.5 Å². The van der Waals surface area contributed by atoms with E-state index in [-0.39, 0.29) is 5.28 Å². The highest BCUT2D eigenvalue weighted by Crippen LogP contribution is 2.65. The normalized spacial score (nSPS) is 14.3. The fraction of sp³-hybridized carbons (Fsp3) is 0.0800. The van der Waals surface area contributed by atoms with Crippen LogP contribution in [0.4, 0.5) is 0 Å². The molecule has 0 saturated carbocycles. The van der Waals surface area contributed by atoms with E-state index < -0.39 is 29.2 Å². The fourth-order valence-electron chi connectivity index (χ4n) is 16.6. The van der Waals surface area contributed by atoms with Gasteiger partial charge >= 0.3 is 7.12 Å². The summed E-state index contributed by atoms with van der Waals surface area (Å²) < 4.78 is 26.5. The first-order valence-electron chi connectivity index (χ1n) is 37.9. The van der Waals surface area contributed by atoms with Crippen molar-refractivity contribution in [3.8, 4) is 137 Å². The first-order valence-corrected chi connectivity index (χ1v) is 38.2. The molecular formula is C100H68BClN8O4. The number of nitriles is 2. The maximum absolute atomic E-state index is 9.45. The average Bonchev–Trinajstić information content (AvgIpc) is 1.50. The van der Waals surface area contributed by atoms with Gasteiger partial charge in [-0.1, -0.05) is 267 Å². The van der Waals surface area contributed by atoms with Crippen LogP contribution in [-0.4, -0.2) is 48.2 Å². The summed E-state index contributed by atoms with van der Waals surface area (Å²) in [5, 5.41) is 19.0. The summed E-state index contributed by atoms with van der Waals surface area (Å²) in [7, 11) is -0.495. The largest absolute Gasteiger partial charge is 0.494 e. The van der Waals surface area contributed by atoms with Crippen LogP contribution in [0.3, 0.4) is 0 Å². The molecule has 14 aromatic carbocycles. The Labute approximate surface area is 666 Å². The molecular weight excluding hydrogens is 1420 g/mol. The van der Waals surface area contributed by atoms with Crippen molar-refractivity contribution in [2.45, 2.75) is 49.7 Å². The second kappa shape index (κ2) is 28.4. The monoisotopic (exact) mass is 1490 g/mol. The molecule has 2 spiro atoms. The number of rotatable bonds is 8. The van der Waals surface area contributed by atoms with Crippen LogP contribution in [0.25, 0.3) is 101 Å². The lowest BCUT2D eigenvalue weighted by molar-refractivity contribution is 0.00578. The van der Waals surface area contributed by atoms with Gasteiger partial charge in [0.05, 0.1) is 45.3 Å². The van der Waals surface area contributed by atoms with E-state index in [0.29, 0.717) is 40.2 Å². The lowest BCUT2D eigenvalue weighted by Crippen LogP contribution is -2.41. The van der Waals surface area contributed by atoms with Crippen LogP contribution in [0, 0.1) is 22.7 Å². The molecule has 0 unspecified atom stereocenters. The van der Waals surface area contributed by atoms with Crippen LogP contribution in [0.1, 0.15) is 83.3 Å². The lowest BCUT2D eigenvalue weighted by atomic mass is 9.64. The summed E-state index contributed by atoms with van der Waals surface area (Å²) >= 11 is 5.99. The molecule has 542 valence electrons. The maximum Gasteiger partial charge on any atom is 0.494 e. The highest BCUT2D eigenvalue weighted by atomic mass is 35.5. The summed E-state index contributed by atoms with van der Waals surface area (Å²) in [6.45, 7) is 8.33. The quantitative estimate of drug-likeness (QED) is 0.133. The number of ether oxygens (including phenoxy) is 2. The SMILES string of the molecule is CC1(C)OB(c2ccc3c(c2)C2(c4cc(-c5ccc(C#N)cc5)ccc4O3)c3ccccc3-c3ccccc32)OC1(C)C.Clc1nc(-c2ccccc2)nc(-c2ccccc2)n1.N#Cc1ccc(-c2ccc3c(c2)C2(c4cc(-c5nc(-c6ccccc6)nc(-c6ccccc6)n5)ccc4O3)c3ccccc3-c3ccccc32)cc1. The maximum atomic E-state index is 9.45. The highest BCUT2D eigenvalue weighted by molar-refractivity contribution is 6.62. The molecule has 0 atom stereocenters. The zero-order valence-electron chi connectivity index (χ0n) is 62.5. The Morgan fingerprint density at radius 1 is 0.272 bits per heavy atom. The number of fused-ring (bicyclic) bond motifs is 18. The predicted octanol–water partition coefficient (Wildman–Crippen LogP) is 22.7. The minimum Gasteiger partial charge on any atom is -0.457 e. The molecule has 2 aromatic heterocycles. The number of halogens is 1. The third-order valence-corrected chi connectivity index (χ3v) is 22.9. The smallest absolute Gasteiger partial charge is 0.457 e. The number of hydrogen-bond donors (Lipinski definition) is 0. The lowest BCUT2D eigenvalue weighted by Gasteiger charge is -2.40. The van der Waals surface area contributed by atoms with E-state index in [4.69, 9.17) is 45.3 Å². The van der Waals surface area contributed by atoms with Crippen molar-refractivity contribution in [3.63, 3.8) is 0 Å². The molecule has 5 heterocycles. The van der Waals surface area contributed by atoms with Crippen molar-refractivity contribution in [1.82, 2.24) is 29.9 Å². The van der Waals surface area contributed by atoms with Gasteiger partial charge in [-0.3, -0.25) is 0 Å². The van der Waals surface area contributed by atoms with Gasteiger partial charge in [0, 0.05) is 50.1 Å². The highest BCUT2D eigenvalue weighted by Gasteiger charge is 2.56. The number of benzene rings is 14. The van der Waals surface area contributed by atoms with E-state index >= 15 is 0 Å². The Kier molecular flexibility index (Phi) is 17.5. The van der Waals surface area contributed by atoms with E-state index in [9.17, 15) is 10.5 Å². The van der Waals surface area contributed by atoms with Gasteiger partial charge in [-0.05, 0) is 184 Å². The topological polar surface area (TPSA) is 162 Å². The van der Waals surface area contributed by atoms with Gasteiger partial charge in [0.1, 0.15) is 23.0 Å². The van der Waals surface area contributed by atoms with Crippen LogP contribution in [0.15, 0.2) is 340 Å². The Morgan fingerprint density at radius 2 is 0.544 bits per heavy atom. The third kappa shape index (κ3) is 12.0. The van der Waals surface area contributed by atoms with E-state index in [1.807, 2.05) is 176 Å². The first-order chi connectivity index (χ1) is 55.8. The molecule has 14 heteroatoms. The van der Waals surface area contributed by atoms with Crippen molar-refractivity contribution in [2.24, 2.45) is 0 Å². The molecule has 1 saturated heterocycles. The first kappa shape index (κ1) is 70.3. The van der Waals surface area contributed by atoms with Crippen LogP contribution in [-0.2, 0) is 20.1 Å². The summed E-state index contributed by atoms with van der Waals surface area (Å²) in [5.41, 5.74) is 22.7. The molecule has 12 nitrogen and oxygen atoms in total. The summed E-state index contributed by atoms with van der Waals surface area (Å²) in [5.74, 6) is 6.23. The number of nitrogens with zero attached hydrogens (tertiary/aromatic N) is 8. The Balaban J connectivity index is 0.000000126. The Morgan fingerprint density at radius 3 is 0.886 bits per heavy atom. The Bertz CT molecular complexity index is 6330. The number of hydrogen-bond acceptors (Lipinski definition) is 12. The minimum absolute atomic E-state index is 0.202. The molecule has 1 fully saturated rings. The van der Waals surface area contributed by atoms with Crippen molar-refractivity contribution in [3.05, 3.63) is 401 Å². The molecule has 2 aliphatic carbocycles. The van der Waals surface area contributed by atoms with Crippen molar-refractivity contribution in [2.75, 3.05) is 0 Å². The average molecular weight is 1490 g/mol. The van der Waals surface area contributed by atoms with Crippen molar-refractivity contribution in [1.29, 1.82) is 10.5 Å². The molecule has 0 bridgehead atoms. The van der Waals surface area contributed by atoms with E-state index in [2.05, 4.69) is 219 Å². The van der Waals surface area contributed by atoms with Gasteiger partial charge in [-0.15, -0.1) is 0 Å². The second-order valence-electron chi connectivity index (χ2n) is 29.8. The summed E-state index contributed by atoms with van der Waals surface area (Å²) in [6.07, 6.45) is 0. The molecule has 3 aliphatic heterocycles. The Hall–Kier alpha value is -14.0. The fourth-order valence-corrected chi connectivity index (χ4v) is 16.8. The van der Waals surface area contributed by atoms with E-state index in [1.54, 1.807) is 0 Å². The van der Waals surface area contributed by atoms with Gasteiger partial charge in [0.25, 0.3) is 0 Å².